The molecule has 0 spiro atoms. The number of aryl methyl sites for hydroxylation is 1. The Morgan fingerprint density at radius 2 is 1.67 bits per heavy atom. The monoisotopic (exact) mass is 402 g/mol. The quantitative estimate of drug-likeness (QED) is 0.583. The van der Waals surface area contributed by atoms with Gasteiger partial charge in [-0.25, -0.2) is 0 Å². The molecule has 0 saturated carbocycles. The molecule has 0 atom stereocenters. The van der Waals surface area contributed by atoms with Gasteiger partial charge in [-0.3, -0.25) is 4.72 Å². The molecule has 9 heteroatoms. The lowest BCUT2D eigenvalue weighted by Gasteiger charge is -2.16. The smallest absolute Gasteiger partial charge is 0.399 e. The molecule has 0 aliphatic rings. The fraction of sp³-hybridized carbons (Fsp3) is 0.278. The first-order chi connectivity index (χ1) is 12.7. The second-order valence-electron chi connectivity index (χ2n) is 5.09. The maximum absolute atomic E-state index is 12.7. The van der Waals surface area contributed by atoms with Crippen LogP contribution in [0.1, 0.15) is 30.5 Å². The summed E-state index contributed by atoms with van der Waals surface area (Å²) < 4.78 is 62.6. The van der Waals surface area contributed by atoms with Crippen molar-refractivity contribution >= 4 is 21.4 Å². The molecule has 0 aliphatic carbocycles. The third kappa shape index (κ3) is 5.72. The highest BCUT2D eigenvalue weighted by atomic mass is 32.2. The van der Waals surface area contributed by atoms with E-state index in [9.17, 15) is 21.6 Å². The topological polar surface area (TPSA) is 67.8 Å². The molecule has 0 saturated heterocycles. The summed E-state index contributed by atoms with van der Waals surface area (Å²) in [6.45, 7) is 5.72. The minimum absolute atomic E-state index is 0.167. The number of alkyl halides is 3. The van der Waals surface area contributed by atoms with Gasteiger partial charge in [-0.15, -0.1) is 0 Å². The first-order valence-electron chi connectivity index (χ1n) is 8.02. The molecule has 2 aromatic carbocycles. The summed E-state index contributed by atoms with van der Waals surface area (Å²) in [5.74, 6) is 0. The standard InChI is InChI=1S/C16H15F3N2O3S.C2H6/c1-11-8-9-14(21-25(22,23)16(17,18)19)13(10-11)15(20-24-2)12-6-4-3-5-7-12;1-2/h3-10,21H,1-2H3;1-2H3/b20-15+;. The Labute approximate surface area is 156 Å². The van der Waals surface area contributed by atoms with Gasteiger partial charge in [0.1, 0.15) is 12.8 Å². The summed E-state index contributed by atoms with van der Waals surface area (Å²) >= 11 is 0. The zero-order chi connectivity index (χ0) is 20.7. The van der Waals surface area contributed by atoms with Crippen LogP contribution in [-0.4, -0.2) is 26.7 Å². The predicted molar refractivity (Wildman–Crippen MR) is 100 cm³/mol. The number of hydrogen-bond acceptors (Lipinski definition) is 4. The van der Waals surface area contributed by atoms with Crippen LogP contribution in [0.25, 0.3) is 0 Å². The Kier molecular flexibility index (Phi) is 7.83. The molecule has 0 amide bonds. The normalized spacial score (nSPS) is 12.0. The van der Waals surface area contributed by atoms with Crippen molar-refractivity contribution in [2.45, 2.75) is 26.3 Å². The highest BCUT2D eigenvalue weighted by Crippen LogP contribution is 2.29. The second-order valence-corrected chi connectivity index (χ2v) is 6.76. The molecule has 0 aliphatic heterocycles. The van der Waals surface area contributed by atoms with Crippen molar-refractivity contribution < 1.29 is 26.4 Å². The number of benzene rings is 2. The molecule has 0 aromatic heterocycles. The molecule has 27 heavy (non-hydrogen) atoms. The maximum atomic E-state index is 12.7. The summed E-state index contributed by atoms with van der Waals surface area (Å²) in [5, 5.41) is 3.86. The van der Waals surface area contributed by atoms with E-state index in [0.29, 0.717) is 11.1 Å². The number of anilines is 1. The molecule has 2 aromatic rings. The molecule has 0 heterocycles. The number of rotatable bonds is 5. The van der Waals surface area contributed by atoms with Crippen molar-refractivity contribution in [1.82, 2.24) is 0 Å². The van der Waals surface area contributed by atoms with E-state index in [1.54, 1.807) is 42.0 Å². The van der Waals surface area contributed by atoms with Crippen LogP contribution in [0.4, 0.5) is 18.9 Å². The van der Waals surface area contributed by atoms with Crippen molar-refractivity contribution in [2.24, 2.45) is 5.16 Å². The predicted octanol–water partition coefficient (Wildman–Crippen LogP) is 4.68. The summed E-state index contributed by atoms with van der Waals surface area (Å²) in [4.78, 5) is 4.79. The molecular weight excluding hydrogens is 381 g/mol. The van der Waals surface area contributed by atoms with Crippen LogP contribution in [0.5, 0.6) is 0 Å². The van der Waals surface area contributed by atoms with Crippen LogP contribution in [0, 0.1) is 6.92 Å². The first kappa shape index (κ1) is 22.5. The van der Waals surface area contributed by atoms with Crippen molar-refractivity contribution in [3.63, 3.8) is 0 Å². The number of halogens is 3. The van der Waals surface area contributed by atoms with Gasteiger partial charge in [0.2, 0.25) is 0 Å². The van der Waals surface area contributed by atoms with Crippen LogP contribution in [0.3, 0.4) is 0 Å². The Bertz CT molecular complexity index is 880. The molecule has 2 rings (SSSR count). The summed E-state index contributed by atoms with van der Waals surface area (Å²) in [6, 6.07) is 12.8. The summed E-state index contributed by atoms with van der Waals surface area (Å²) in [6.07, 6.45) is 0. The van der Waals surface area contributed by atoms with Crippen molar-refractivity contribution in [1.29, 1.82) is 0 Å². The van der Waals surface area contributed by atoms with E-state index in [2.05, 4.69) is 5.16 Å². The summed E-state index contributed by atoms with van der Waals surface area (Å²) in [5.41, 5.74) is -4.04. The van der Waals surface area contributed by atoms with Gasteiger partial charge in [-0.05, 0) is 19.1 Å². The number of oxime groups is 1. The average Bonchev–Trinajstić information content (AvgIpc) is 2.63. The van der Waals surface area contributed by atoms with E-state index in [-0.39, 0.29) is 17.0 Å². The lowest BCUT2D eigenvalue weighted by molar-refractivity contribution is -0.0429. The molecule has 0 radical (unpaired) electrons. The lowest BCUT2D eigenvalue weighted by Crippen LogP contribution is -2.30. The van der Waals surface area contributed by atoms with Crippen LogP contribution < -0.4 is 4.72 Å². The Hall–Kier alpha value is -2.55. The molecule has 0 unspecified atom stereocenters. The van der Waals surface area contributed by atoms with Gasteiger partial charge in [0.05, 0.1) is 5.69 Å². The first-order valence-corrected chi connectivity index (χ1v) is 9.50. The molecule has 1 N–H and O–H groups in total. The van der Waals surface area contributed by atoms with Gasteiger partial charge in [-0.1, -0.05) is 61.0 Å². The SMILES string of the molecule is CC.CO/N=C(\c1ccccc1)c1cc(C)ccc1NS(=O)(=O)C(F)(F)F. The Morgan fingerprint density at radius 1 is 1.07 bits per heavy atom. The fourth-order valence-corrected chi connectivity index (χ4v) is 2.67. The van der Waals surface area contributed by atoms with E-state index in [4.69, 9.17) is 4.84 Å². The number of nitrogens with zero attached hydrogens (tertiary/aromatic N) is 1. The van der Waals surface area contributed by atoms with E-state index in [0.717, 1.165) is 0 Å². The van der Waals surface area contributed by atoms with Gasteiger partial charge < -0.3 is 4.84 Å². The highest BCUT2D eigenvalue weighted by molar-refractivity contribution is 7.93. The van der Waals surface area contributed by atoms with Gasteiger partial charge in [0.15, 0.2) is 0 Å². The van der Waals surface area contributed by atoms with Crippen molar-refractivity contribution in [2.75, 3.05) is 11.8 Å². The van der Waals surface area contributed by atoms with E-state index in [1.165, 1.54) is 25.3 Å². The molecule has 5 nitrogen and oxygen atoms in total. The zero-order valence-corrected chi connectivity index (χ0v) is 16.1. The highest BCUT2D eigenvalue weighted by Gasteiger charge is 2.46. The van der Waals surface area contributed by atoms with Crippen LogP contribution in [0.2, 0.25) is 0 Å². The van der Waals surface area contributed by atoms with E-state index in [1.807, 2.05) is 13.8 Å². The molecule has 0 bridgehead atoms. The maximum Gasteiger partial charge on any atom is 0.516 e. The number of hydrogen-bond donors (Lipinski definition) is 1. The number of sulfonamides is 1. The van der Waals surface area contributed by atoms with Crippen molar-refractivity contribution in [3.05, 3.63) is 65.2 Å². The van der Waals surface area contributed by atoms with E-state index < -0.39 is 15.5 Å². The van der Waals surface area contributed by atoms with Crippen LogP contribution in [0.15, 0.2) is 53.7 Å². The van der Waals surface area contributed by atoms with Gasteiger partial charge >= 0.3 is 15.5 Å². The van der Waals surface area contributed by atoms with E-state index >= 15 is 0 Å². The van der Waals surface area contributed by atoms with Gasteiger partial charge in [0.25, 0.3) is 0 Å². The Morgan fingerprint density at radius 3 is 2.19 bits per heavy atom. The molecular formula is C18H21F3N2O3S. The molecule has 0 fully saturated rings. The third-order valence-electron chi connectivity index (χ3n) is 3.21. The lowest BCUT2D eigenvalue weighted by atomic mass is 9.99. The minimum atomic E-state index is -5.56. The van der Waals surface area contributed by atoms with Crippen LogP contribution >= 0.6 is 0 Å². The number of nitrogens with one attached hydrogen (secondary N) is 1. The minimum Gasteiger partial charge on any atom is -0.399 e. The van der Waals surface area contributed by atoms with Crippen LogP contribution in [-0.2, 0) is 14.9 Å². The fourth-order valence-electron chi connectivity index (χ4n) is 2.09. The zero-order valence-electron chi connectivity index (χ0n) is 15.3. The second kappa shape index (κ2) is 9.40. The van der Waals surface area contributed by atoms with Gasteiger partial charge in [-0.2, -0.15) is 21.6 Å². The van der Waals surface area contributed by atoms with Gasteiger partial charge in [0, 0.05) is 11.1 Å². The molecule has 148 valence electrons. The average molecular weight is 402 g/mol. The third-order valence-corrected chi connectivity index (χ3v) is 4.31. The summed E-state index contributed by atoms with van der Waals surface area (Å²) in [7, 11) is -4.27. The largest absolute Gasteiger partial charge is 0.516 e. The van der Waals surface area contributed by atoms with Crippen molar-refractivity contribution in [3.8, 4) is 0 Å². The Balaban J connectivity index is 0.00000176.